The molecule has 0 saturated carbocycles. The van der Waals surface area contributed by atoms with E-state index >= 15 is 0 Å². The Labute approximate surface area is 104 Å². The molecule has 2 aliphatic rings. The smallest absolute Gasteiger partial charge is 0.0610 e. The summed E-state index contributed by atoms with van der Waals surface area (Å²) in [6, 6.07) is 7.49. The van der Waals surface area contributed by atoms with E-state index in [9.17, 15) is 0 Å². The van der Waals surface area contributed by atoms with E-state index in [0.717, 1.165) is 6.54 Å². The van der Waals surface area contributed by atoms with Gasteiger partial charge in [-0.25, -0.2) is 0 Å². The molecular formula is C15H22N2. The van der Waals surface area contributed by atoms with Crippen LogP contribution in [0.25, 0.3) is 0 Å². The minimum atomic E-state index is 0.693. The molecule has 3 rings (SSSR count). The van der Waals surface area contributed by atoms with Crippen molar-refractivity contribution < 1.29 is 0 Å². The lowest BCUT2D eigenvalue weighted by Gasteiger charge is -2.38. The van der Waals surface area contributed by atoms with Gasteiger partial charge in [0.2, 0.25) is 0 Å². The maximum absolute atomic E-state index is 3.61. The predicted octanol–water partition coefficient (Wildman–Crippen LogP) is 3.42. The molecule has 2 heteroatoms. The Morgan fingerprint density at radius 1 is 1.24 bits per heavy atom. The van der Waals surface area contributed by atoms with E-state index in [1.807, 2.05) is 0 Å². The van der Waals surface area contributed by atoms with E-state index in [1.165, 1.54) is 55.6 Å². The lowest BCUT2D eigenvalue weighted by atomic mass is 9.98. The maximum atomic E-state index is 3.61. The SMILES string of the molecule is CC1CCCCN1c1cccc2c1NCCC2. The molecule has 1 saturated heterocycles. The Bertz CT molecular complexity index is 400. The van der Waals surface area contributed by atoms with Gasteiger partial charge in [-0.15, -0.1) is 0 Å². The number of hydrogen-bond donors (Lipinski definition) is 1. The molecular weight excluding hydrogens is 208 g/mol. The van der Waals surface area contributed by atoms with Gasteiger partial charge >= 0.3 is 0 Å². The molecule has 1 aromatic carbocycles. The van der Waals surface area contributed by atoms with Gasteiger partial charge in [-0.3, -0.25) is 0 Å². The molecule has 1 fully saturated rings. The quantitative estimate of drug-likeness (QED) is 0.795. The number of nitrogens with one attached hydrogen (secondary N) is 1. The van der Waals surface area contributed by atoms with Gasteiger partial charge in [0.15, 0.2) is 0 Å². The Kier molecular flexibility index (Phi) is 2.96. The van der Waals surface area contributed by atoms with Gasteiger partial charge in [-0.1, -0.05) is 12.1 Å². The summed E-state index contributed by atoms with van der Waals surface area (Å²) in [6.45, 7) is 4.72. The first-order chi connectivity index (χ1) is 8.36. The minimum absolute atomic E-state index is 0.693. The Morgan fingerprint density at radius 3 is 3.06 bits per heavy atom. The number of aryl methyl sites for hydroxylation is 1. The van der Waals surface area contributed by atoms with Crippen LogP contribution in [-0.4, -0.2) is 19.1 Å². The second-order valence-electron chi connectivity index (χ2n) is 5.38. The third-order valence-corrected chi connectivity index (χ3v) is 4.17. The third kappa shape index (κ3) is 2.01. The average molecular weight is 230 g/mol. The van der Waals surface area contributed by atoms with E-state index < -0.39 is 0 Å². The van der Waals surface area contributed by atoms with Crippen molar-refractivity contribution in [3.8, 4) is 0 Å². The van der Waals surface area contributed by atoms with E-state index in [4.69, 9.17) is 0 Å². The number of hydrogen-bond acceptors (Lipinski definition) is 2. The van der Waals surface area contributed by atoms with Crippen LogP contribution in [0.3, 0.4) is 0 Å². The highest BCUT2D eigenvalue weighted by atomic mass is 15.2. The normalized spacial score (nSPS) is 24.1. The Balaban J connectivity index is 1.96. The van der Waals surface area contributed by atoms with Crippen molar-refractivity contribution in [2.45, 2.75) is 45.1 Å². The second-order valence-corrected chi connectivity index (χ2v) is 5.38. The van der Waals surface area contributed by atoms with Gasteiger partial charge in [0.05, 0.1) is 11.4 Å². The van der Waals surface area contributed by atoms with Crippen molar-refractivity contribution in [2.75, 3.05) is 23.3 Å². The molecule has 0 spiro atoms. The summed E-state index contributed by atoms with van der Waals surface area (Å²) in [7, 11) is 0. The minimum Gasteiger partial charge on any atom is -0.383 e. The monoisotopic (exact) mass is 230 g/mol. The number of para-hydroxylation sites is 1. The predicted molar refractivity (Wildman–Crippen MR) is 73.9 cm³/mol. The molecule has 2 heterocycles. The Hall–Kier alpha value is -1.18. The van der Waals surface area contributed by atoms with Crippen LogP contribution in [0.5, 0.6) is 0 Å². The highest BCUT2D eigenvalue weighted by molar-refractivity contribution is 5.75. The van der Waals surface area contributed by atoms with Crippen molar-refractivity contribution in [3.63, 3.8) is 0 Å². The number of benzene rings is 1. The van der Waals surface area contributed by atoms with Crippen LogP contribution in [0, 0.1) is 0 Å². The van der Waals surface area contributed by atoms with E-state index in [1.54, 1.807) is 0 Å². The van der Waals surface area contributed by atoms with Gasteiger partial charge in [0, 0.05) is 19.1 Å². The topological polar surface area (TPSA) is 15.3 Å². The van der Waals surface area contributed by atoms with Gasteiger partial charge in [0.25, 0.3) is 0 Å². The van der Waals surface area contributed by atoms with Crippen LogP contribution in [0.4, 0.5) is 11.4 Å². The second kappa shape index (κ2) is 4.59. The number of rotatable bonds is 1. The molecule has 0 bridgehead atoms. The van der Waals surface area contributed by atoms with Gasteiger partial charge in [-0.2, -0.15) is 0 Å². The molecule has 92 valence electrons. The van der Waals surface area contributed by atoms with Crippen LogP contribution in [-0.2, 0) is 6.42 Å². The molecule has 0 radical (unpaired) electrons. The molecule has 2 nitrogen and oxygen atoms in total. The summed E-state index contributed by atoms with van der Waals surface area (Å²) in [5, 5.41) is 3.61. The van der Waals surface area contributed by atoms with Crippen molar-refractivity contribution in [3.05, 3.63) is 23.8 Å². The fourth-order valence-electron chi connectivity index (χ4n) is 3.19. The van der Waals surface area contributed by atoms with Crippen molar-refractivity contribution in [1.29, 1.82) is 0 Å². The number of nitrogens with zero attached hydrogens (tertiary/aromatic N) is 1. The molecule has 1 atom stereocenters. The van der Waals surface area contributed by atoms with Crippen molar-refractivity contribution in [2.24, 2.45) is 0 Å². The first kappa shape index (κ1) is 10.9. The van der Waals surface area contributed by atoms with Crippen molar-refractivity contribution in [1.82, 2.24) is 0 Å². The van der Waals surface area contributed by atoms with Crippen LogP contribution in [0.1, 0.15) is 38.2 Å². The number of piperidine rings is 1. The Morgan fingerprint density at radius 2 is 2.18 bits per heavy atom. The maximum Gasteiger partial charge on any atom is 0.0610 e. The van der Waals surface area contributed by atoms with Gasteiger partial charge in [0.1, 0.15) is 0 Å². The average Bonchev–Trinajstić information content (AvgIpc) is 2.39. The van der Waals surface area contributed by atoms with E-state index in [-0.39, 0.29) is 0 Å². The zero-order chi connectivity index (χ0) is 11.7. The fraction of sp³-hybridized carbons (Fsp3) is 0.600. The number of fused-ring (bicyclic) bond motifs is 1. The zero-order valence-electron chi connectivity index (χ0n) is 10.7. The first-order valence-electron chi connectivity index (χ1n) is 6.98. The molecule has 17 heavy (non-hydrogen) atoms. The van der Waals surface area contributed by atoms with Crippen LogP contribution in [0.2, 0.25) is 0 Å². The summed E-state index contributed by atoms with van der Waals surface area (Å²) >= 11 is 0. The van der Waals surface area contributed by atoms with E-state index in [2.05, 4.69) is 35.3 Å². The molecule has 1 aromatic rings. The standard InChI is InChI=1S/C15H22N2/c1-12-6-2-3-11-17(12)14-9-4-7-13-8-5-10-16-15(13)14/h4,7,9,12,16H,2-3,5-6,8,10-11H2,1H3. The summed E-state index contributed by atoms with van der Waals surface area (Å²) < 4.78 is 0. The van der Waals surface area contributed by atoms with Crippen LogP contribution >= 0.6 is 0 Å². The molecule has 0 amide bonds. The van der Waals surface area contributed by atoms with E-state index in [0.29, 0.717) is 6.04 Å². The molecule has 0 aromatic heterocycles. The fourth-order valence-corrected chi connectivity index (χ4v) is 3.19. The summed E-state index contributed by atoms with van der Waals surface area (Å²) in [5.74, 6) is 0. The third-order valence-electron chi connectivity index (χ3n) is 4.17. The van der Waals surface area contributed by atoms with Gasteiger partial charge in [-0.05, 0) is 50.7 Å². The molecule has 0 aliphatic carbocycles. The molecule has 1 N–H and O–H groups in total. The highest BCUT2D eigenvalue weighted by Gasteiger charge is 2.22. The first-order valence-corrected chi connectivity index (χ1v) is 6.98. The van der Waals surface area contributed by atoms with Gasteiger partial charge < -0.3 is 10.2 Å². The van der Waals surface area contributed by atoms with Crippen molar-refractivity contribution >= 4 is 11.4 Å². The lowest BCUT2D eigenvalue weighted by molar-refractivity contribution is 0.485. The number of anilines is 2. The molecule has 1 unspecified atom stereocenters. The summed E-state index contributed by atoms with van der Waals surface area (Å²) in [5.41, 5.74) is 4.36. The van der Waals surface area contributed by atoms with Crippen LogP contribution < -0.4 is 10.2 Å². The largest absolute Gasteiger partial charge is 0.383 e. The molecule has 2 aliphatic heterocycles. The lowest BCUT2D eigenvalue weighted by Crippen LogP contribution is -2.38. The highest BCUT2D eigenvalue weighted by Crippen LogP contribution is 2.35. The summed E-state index contributed by atoms with van der Waals surface area (Å²) in [4.78, 5) is 2.60. The summed E-state index contributed by atoms with van der Waals surface area (Å²) in [6.07, 6.45) is 6.57. The van der Waals surface area contributed by atoms with Crippen LogP contribution in [0.15, 0.2) is 18.2 Å². The zero-order valence-corrected chi connectivity index (χ0v) is 10.7.